The number of imide groups is 1. The van der Waals surface area contributed by atoms with E-state index < -0.39 is 29.7 Å². The largest absolute Gasteiger partial charge is 0.361 e. The van der Waals surface area contributed by atoms with Crippen molar-refractivity contribution in [2.45, 2.75) is 19.4 Å². The number of hydrogen-bond donors (Lipinski definition) is 2. The third kappa shape index (κ3) is 3.36. The summed E-state index contributed by atoms with van der Waals surface area (Å²) >= 11 is 0. The lowest BCUT2D eigenvalue weighted by molar-refractivity contribution is -0.171. The van der Waals surface area contributed by atoms with Gasteiger partial charge in [0.05, 0.1) is 11.1 Å². The van der Waals surface area contributed by atoms with Crippen LogP contribution < -0.4 is 5.32 Å². The van der Waals surface area contributed by atoms with Crippen LogP contribution in [0.3, 0.4) is 0 Å². The third-order valence-electron chi connectivity index (χ3n) is 4.70. The molecule has 1 aliphatic rings. The molecule has 0 aliphatic carbocycles. The fraction of sp³-hybridized carbons (Fsp3) is 0.143. The summed E-state index contributed by atoms with van der Waals surface area (Å²) in [6.07, 6.45) is 1.88. The Morgan fingerprint density at radius 3 is 2.31 bits per heavy atom. The van der Waals surface area contributed by atoms with Gasteiger partial charge in [-0.1, -0.05) is 35.4 Å². The number of para-hydroxylation sites is 1. The SMILES string of the molecule is CC(=O)NC(Cc1c[nH]c2ccccc12)C(=O)ON1C(=O)c2ccccc2C1=O. The minimum absolute atomic E-state index is 0.131. The summed E-state index contributed by atoms with van der Waals surface area (Å²) in [5.74, 6) is -2.77. The van der Waals surface area contributed by atoms with Crippen LogP contribution in [0, 0.1) is 0 Å². The van der Waals surface area contributed by atoms with Crippen LogP contribution in [-0.2, 0) is 20.8 Å². The minimum Gasteiger partial charge on any atom is -0.361 e. The monoisotopic (exact) mass is 391 g/mol. The zero-order chi connectivity index (χ0) is 20.5. The van der Waals surface area contributed by atoms with Crippen molar-refractivity contribution in [3.8, 4) is 0 Å². The first-order valence-corrected chi connectivity index (χ1v) is 8.97. The van der Waals surface area contributed by atoms with Crippen molar-refractivity contribution in [3.05, 3.63) is 71.4 Å². The van der Waals surface area contributed by atoms with Crippen LogP contribution in [0.5, 0.6) is 0 Å². The van der Waals surface area contributed by atoms with E-state index in [4.69, 9.17) is 4.84 Å². The molecule has 8 heteroatoms. The summed E-state index contributed by atoms with van der Waals surface area (Å²) in [6, 6.07) is 12.7. The van der Waals surface area contributed by atoms with Crippen LogP contribution in [0.1, 0.15) is 33.2 Å². The molecule has 2 heterocycles. The second-order valence-corrected chi connectivity index (χ2v) is 6.68. The number of aromatic amines is 1. The normalized spacial score (nSPS) is 14.0. The summed E-state index contributed by atoms with van der Waals surface area (Å²) in [5.41, 5.74) is 2.01. The molecule has 3 aromatic rings. The summed E-state index contributed by atoms with van der Waals surface area (Å²) in [6.45, 7) is 1.28. The lowest BCUT2D eigenvalue weighted by Gasteiger charge is -2.19. The molecule has 0 saturated carbocycles. The van der Waals surface area contributed by atoms with Gasteiger partial charge in [0.1, 0.15) is 6.04 Å². The van der Waals surface area contributed by atoms with Gasteiger partial charge in [0, 0.05) is 30.4 Å². The highest BCUT2D eigenvalue weighted by atomic mass is 16.7. The van der Waals surface area contributed by atoms with Gasteiger partial charge in [-0.05, 0) is 23.8 Å². The van der Waals surface area contributed by atoms with Gasteiger partial charge in [-0.3, -0.25) is 14.4 Å². The fourth-order valence-corrected chi connectivity index (χ4v) is 3.36. The number of fused-ring (bicyclic) bond motifs is 2. The number of hydroxylamine groups is 2. The first-order valence-electron chi connectivity index (χ1n) is 8.97. The smallest absolute Gasteiger partial charge is 0.355 e. The topological polar surface area (TPSA) is 109 Å². The molecule has 0 bridgehead atoms. The molecule has 0 spiro atoms. The van der Waals surface area contributed by atoms with Crippen molar-refractivity contribution >= 4 is 34.6 Å². The Labute approximate surface area is 165 Å². The van der Waals surface area contributed by atoms with E-state index >= 15 is 0 Å². The summed E-state index contributed by atoms with van der Waals surface area (Å²) < 4.78 is 0. The van der Waals surface area contributed by atoms with Crippen LogP contribution in [0.4, 0.5) is 0 Å². The summed E-state index contributed by atoms with van der Waals surface area (Å²) in [5, 5.41) is 3.87. The molecular formula is C21H17N3O5. The number of aromatic nitrogens is 1. The molecule has 1 unspecified atom stereocenters. The van der Waals surface area contributed by atoms with Crippen molar-refractivity contribution < 1.29 is 24.0 Å². The predicted octanol–water partition coefficient (Wildman–Crippen LogP) is 1.97. The van der Waals surface area contributed by atoms with Gasteiger partial charge in [-0.15, -0.1) is 0 Å². The number of amides is 3. The fourth-order valence-electron chi connectivity index (χ4n) is 3.36. The average molecular weight is 391 g/mol. The van der Waals surface area contributed by atoms with E-state index in [0.29, 0.717) is 5.06 Å². The molecule has 3 amide bonds. The molecule has 146 valence electrons. The molecule has 29 heavy (non-hydrogen) atoms. The number of hydrogen-bond acceptors (Lipinski definition) is 5. The highest BCUT2D eigenvalue weighted by Crippen LogP contribution is 2.24. The number of H-pyrrole nitrogens is 1. The molecule has 4 rings (SSSR count). The molecule has 0 radical (unpaired) electrons. The number of nitrogens with one attached hydrogen (secondary N) is 2. The third-order valence-corrected chi connectivity index (χ3v) is 4.70. The Morgan fingerprint density at radius 2 is 1.66 bits per heavy atom. The molecule has 2 N–H and O–H groups in total. The Bertz CT molecular complexity index is 1110. The van der Waals surface area contributed by atoms with Crippen LogP contribution in [0.25, 0.3) is 10.9 Å². The van der Waals surface area contributed by atoms with Gasteiger partial charge < -0.3 is 15.1 Å². The summed E-state index contributed by atoms with van der Waals surface area (Å²) in [4.78, 5) is 57.4. The Hall–Kier alpha value is -3.94. The van der Waals surface area contributed by atoms with Gasteiger partial charge in [0.2, 0.25) is 5.91 Å². The number of benzene rings is 2. The molecule has 1 aromatic heterocycles. The zero-order valence-corrected chi connectivity index (χ0v) is 15.5. The average Bonchev–Trinajstić information content (AvgIpc) is 3.22. The minimum atomic E-state index is -1.07. The van der Waals surface area contributed by atoms with Crippen LogP contribution in [-0.4, -0.2) is 39.8 Å². The van der Waals surface area contributed by atoms with Crippen LogP contribution >= 0.6 is 0 Å². The number of rotatable bonds is 5. The molecule has 2 aromatic carbocycles. The van der Waals surface area contributed by atoms with Crippen molar-refractivity contribution in [3.63, 3.8) is 0 Å². The highest BCUT2D eigenvalue weighted by Gasteiger charge is 2.40. The Kier molecular flexibility index (Phi) is 4.59. The summed E-state index contributed by atoms with van der Waals surface area (Å²) in [7, 11) is 0. The van der Waals surface area contributed by atoms with Gasteiger partial charge in [-0.2, -0.15) is 0 Å². The van der Waals surface area contributed by atoms with E-state index in [1.807, 2.05) is 24.3 Å². The van der Waals surface area contributed by atoms with Crippen molar-refractivity contribution in [1.82, 2.24) is 15.4 Å². The molecule has 0 fully saturated rings. The van der Waals surface area contributed by atoms with E-state index in [0.717, 1.165) is 16.5 Å². The van der Waals surface area contributed by atoms with Gasteiger partial charge in [0.25, 0.3) is 11.8 Å². The molecule has 1 atom stereocenters. The number of carbonyl (C=O) groups is 4. The van der Waals surface area contributed by atoms with Crippen molar-refractivity contribution in [2.24, 2.45) is 0 Å². The predicted molar refractivity (Wildman–Crippen MR) is 103 cm³/mol. The molecular weight excluding hydrogens is 374 g/mol. The molecule has 0 saturated heterocycles. The molecule has 8 nitrogen and oxygen atoms in total. The quantitative estimate of drug-likeness (QED) is 0.647. The van der Waals surface area contributed by atoms with E-state index in [1.54, 1.807) is 18.3 Å². The lowest BCUT2D eigenvalue weighted by atomic mass is 10.1. The van der Waals surface area contributed by atoms with E-state index in [1.165, 1.54) is 19.1 Å². The maximum absolute atomic E-state index is 12.7. The van der Waals surface area contributed by atoms with Crippen molar-refractivity contribution in [1.29, 1.82) is 0 Å². The van der Waals surface area contributed by atoms with E-state index in [2.05, 4.69) is 10.3 Å². The van der Waals surface area contributed by atoms with Crippen LogP contribution in [0.15, 0.2) is 54.7 Å². The second kappa shape index (κ2) is 7.23. The lowest BCUT2D eigenvalue weighted by Crippen LogP contribution is -2.46. The van der Waals surface area contributed by atoms with Crippen LogP contribution in [0.2, 0.25) is 0 Å². The Morgan fingerprint density at radius 1 is 1.03 bits per heavy atom. The number of carbonyl (C=O) groups excluding carboxylic acids is 4. The van der Waals surface area contributed by atoms with Gasteiger partial charge >= 0.3 is 5.97 Å². The maximum atomic E-state index is 12.7. The van der Waals surface area contributed by atoms with E-state index in [9.17, 15) is 19.2 Å². The maximum Gasteiger partial charge on any atom is 0.355 e. The first-order chi connectivity index (χ1) is 14.0. The van der Waals surface area contributed by atoms with E-state index in [-0.39, 0.29) is 17.5 Å². The number of nitrogens with zero attached hydrogens (tertiary/aromatic N) is 1. The standard InChI is InChI=1S/C21H17N3O5/c1-12(25)23-18(10-13-11-22-17-9-5-4-6-14(13)17)21(28)29-24-19(26)15-7-2-3-8-16(15)20(24)27/h2-9,11,18,22H,10H2,1H3,(H,23,25). The van der Waals surface area contributed by atoms with Gasteiger partial charge in [0.15, 0.2) is 0 Å². The van der Waals surface area contributed by atoms with Crippen molar-refractivity contribution in [2.75, 3.05) is 0 Å². The second-order valence-electron chi connectivity index (χ2n) is 6.68. The highest BCUT2D eigenvalue weighted by molar-refractivity contribution is 6.21. The molecule has 1 aliphatic heterocycles. The zero-order valence-electron chi connectivity index (χ0n) is 15.5. The first kappa shape index (κ1) is 18.4. The van der Waals surface area contributed by atoms with Gasteiger partial charge in [-0.25, -0.2) is 4.79 Å². The Balaban J connectivity index is 1.56.